The van der Waals surface area contributed by atoms with Crippen molar-refractivity contribution in [2.75, 3.05) is 37.3 Å². The maximum atomic E-state index is 13.7. The van der Waals surface area contributed by atoms with E-state index in [1.165, 1.54) is 0 Å². The number of likely N-dealkylation sites (tertiary alicyclic amines) is 1. The van der Waals surface area contributed by atoms with Crippen LogP contribution in [0.15, 0.2) is 6.07 Å². The van der Waals surface area contributed by atoms with Crippen molar-refractivity contribution < 1.29 is 8.78 Å². The molecule has 4 nitrogen and oxygen atoms in total. The zero-order valence-electron chi connectivity index (χ0n) is 11.4. The number of nitrogens with two attached hydrogens (primary N) is 1. The average Bonchev–Trinajstić information content (AvgIpc) is 2.80. The van der Waals surface area contributed by atoms with E-state index in [-0.39, 0.29) is 11.6 Å². The van der Waals surface area contributed by atoms with E-state index in [1.54, 1.807) is 11.9 Å². The number of anilines is 2. The molecule has 1 saturated heterocycles. The van der Waals surface area contributed by atoms with Gasteiger partial charge < -0.3 is 10.6 Å². The van der Waals surface area contributed by atoms with Crippen molar-refractivity contribution in [3.63, 3.8) is 0 Å². The van der Waals surface area contributed by atoms with Crippen LogP contribution in [0, 0.1) is 11.6 Å². The summed E-state index contributed by atoms with van der Waals surface area (Å²) in [5, 5.41) is 0. The number of aromatic nitrogens is 1. The molecule has 106 valence electrons. The molecule has 1 aromatic heterocycles. The van der Waals surface area contributed by atoms with Gasteiger partial charge in [-0.2, -0.15) is 0 Å². The SMILES string of the molecule is CCN1CCCC1CN(C)c1nc(N)c(F)cc1F. The summed E-state index contributed by atoms with van der Waals surface area (Å²) in [6, 6.07) is 1.18. The van der Waals surface area contributed by atoms with Crippen LogP contribution in [0.1, 0.15) is 19.8 Å². The van der Waals surface area contributed by atoms with Gasteiger partial charge in [0.25, 0.3) is 0 Å². The fourth-order valence-corrected chi connectivity index (χ4v) is 2.66. The molecule has 2 rings (SSSR count). The minimum absolute atomic E-state index is 0.113. The maximum absolute atomic E-state index is 13.7. The van der Waals surface area contributed by atoms with E-state index in [0.29, 0.717) is 12.6 Å². The third-order valence-electron chi connectivity index (χ3n) is 3.69. The van der Waals surface area contributed by atoms with Crippen LogP contribution in [0.3, 0.4) is 0 Å². The Labute approximate surface area is 112 Å². The Morgan fingerprint density at radius 3 is 2.89 bits per heavy atom. The van der Waals surface area contributed by atoms with E-state index in [0.717, 1.165) is 32.0 Å². The largest absolute Gasteiger partial charge is 0.381 e. The van der Waals surface area contributed by atoms with Gasteiger partial charge in [-0.15, -0.1) is 0 Å². The van der Waals surface area contributed by atoms with E-state index in [9.17, 15) is 8.78 Å². The number of halogens is 2. The molecule has 0 amide bonds. The minimum Gasteiger partial charge on any atom is -0.381 e. The van der Waals surface area contributed by atoms with Gasteiger partial charge in [-0.05, 0) is 25.9 Å². The fourth-order valence-electron chi connectivity index (χ4n) is 2.66. The molecule has 1 aliphatic rings. The molecule has 1 aromatic rings. The molecule has 6 heteroatoms. The molecule has 19 heavy (non-hydrogen) atoms. The zero-order chi connectivity index (χ0) is 14.0. The Balaban J connectivity index is 2.11. The van der Waals surface area contributed by atoms with Gasteiger partial charge in [0.1, 0.15) is 0 Å². The van der Waals surface area contributed by atoms with Crippen LogP contribution in [-0.2, 0) is 0 Å². The first-order chi connectivity index (χ1) is 9.02. The molecule has 1 fully saturated rings. The molecule has 0 aromatic carbocycles. The molecule has 2 heterocycles. The summed E-state index contributed by atoms with van der Waals surface area (Å²) in [5.41, 5.74) is 5.40. The van der Waals surface area contributed by atoms with E-state index in [2.05, 4.69) is 16.8 Å². The van der Waals surface area contributed by atoms with Crippen molar-refractivity contribution in [3.8, 4) is 0 Å². The smallest absolute Gasteiger partial charge is 0.168 e. The molecule has 0 saturated carbocycles. The van der Waals surface area contributed by atoms with E-state index in [1.807, 2.05) is 0 Å². The first-order valence-electron chi connectivity index (χ1n) is 6.59. The summed E-state index contributed by atoms with van der Waals surface area (Å²) >= 11 is 0. The number of rotatable bonds is 4. The van der Waals surface area contributed by atoms with E-state index >= 15 is 0 Å². The number of hydrogen-bond acceptors (Lipinski definition) is 4. The molecule has 0 aliphatic carbocycles. The van der Waals surface area contributed by atoms with Gasteiger partial charge in [0, 0.05) is 25.7 Å². The normalized spacial score (nSPS) is 19.9. The number of nitrogen functional groups attached to an aromatic ring is 1. The second-order valence-corrected chi connectivity index (χ2v) is 4.97. The highest BCUT2D eigenvalue weighted by atomic mass is 19.1. The van der Waals surface area contributed by atoms with Crippen LogP contribution in [0.5, 0.6) is 0 Å². The predicted molar refractivity (Wildman–Crippen MR) is 72.1 cm³/mol. The zero-order valence-corrected chi connectivity index (χ0v) is 11.4. The summed E-state index contributed by atoms with van der Waals surface area (Å²) in [6.45, 7) is 4.85. The molecule has 0 bridgehead atoms. The van der Waals surface area contributed by atoms with Crippen LogP contribution in [-0.4, -0.2) is 42.6 Å². The first kappa shape index (κ1) is 14.0. The summed E-state index contributed by atoms with van der Waals surface area (Å²) in [5.74, 6) is -1.63. The maximum Gasteiger partial charge on any atom is 0.168 e. The van der Waals surface area contributed by atoms with Crippen molar-refractivity contribution >= 4 is 11.6 Å². The highest BCUT2D eigenvalue weighted by Crippen LogP contribution is 2.23. The molecular weight excluding hydrogens is 250 g/mol. The second-order valence-electron chi connectivity index (χ2n) is 4.97. The standard InChI is InChI=1S/C13H20F2N4/c1-3-19-6-4-5-9(19)8-18(2)13-11(15)7-10(14)12(16)17-13/h7,9H,3-6,8H2,1-2H3,(H2,16,17). The molecule has 1 aliphatic heterocycles. The van der Waals surface area contributed by atoms with Crippen molar-refractivity contribution in [2.24, 2.45) is 0 Å². The summed E-state index contributed by atoms with van der Waals surface area (Å²) < 4.78 is 26.8. The van der Waals surface area contributed by atoms with Gasteiger partial charge in [-0.25, -0.2) is 13.8 Å². The quantitative estimate of drug-likeness (QED) is 0.907. The third-order valence-corrected chi connectivity index (χ3v) is 3.69. The molecular formula is C13H20F2N4. The van der Waals surface area contributed by atoms with Crippen LogP contribution >= 0.6 is 0 Å². The lowest BCUT2D eigenvalue weighted by atomic mass is 10.2. The van der Waals surface area contributed by atoms with Gasteiger partial charge in [-0.3, -0.25) is 4.90 Å². The number of nitrogens with zero attached hydrogens (tertiary/aromatic N) is 3. The molecule has 0 radical (unpaired) electrons. The Morgan fingerprint density at radius 2 is 2.21 bits per heavy atom. The van der Waals surface area contributed by atoms with E-state index < -0.39 is 11.6 Å². The molecule has 1 unspecified atom stereocenters. The van der Waals surface area contributed by atoms with Crippen LogP contribution in [0.4, 0.5) is 20.4 Å². The highest BCUT2D eigenvalue weighted by molar-refractivity contribution is 5.46. The summed E-state index contributed by atoms with van der Waals surface area (Å²) in [4.78, 5) is 7.87. The van der Waals surface area contributed by atoms with Crippen molar-refractivity contribution in [1.82, 2.24) is 9.88 Å². The van der Waals surface area contributed by atoms with Crippen molar-refractivity contribution in [1.29, 1.82) is 0 Å². The molecule has 0 spiro atoms. The lowest BCUT2D eigenvalue weighted by molar-refractivity contribution is 0.270. The van der Waals surface area contributed by atoms with Crippen molar-refractivity contribution in [3.05, 3.63) is 17.7 Å². The van der Waals surface area contributed by atoms with Gasteiger partial charge in [0.15, 0.2) is 23.3 Å². The Bertz CT molecular complexity index is 453. The number of likely N-dealkylation sites (N-methyl/N-ethyl adjacent to an activating group) is 2. The van der Waals surface area contributed by atoms with E-state index in [4.69, 9.17) is 5.73 Å². The van der Waals surface area contributed by atoms with Crippen molar-refractivity contribution in [2.45, 2.75) is 25.8 Å². The minimum atomic E-state index is -0.814. The highest BCUT2D eigenvalue weighted by Gasteiger charge is 2.25. The Kier molecular flexibility index (Phi) is 4.19. The first-order valence-corrected chi connectivity index (χ1v) is 6.59. The van der Waals surface area contributed by atoms with Gasteiger partial charge in [-0.1, -0.05) is 6.92 Å². The summed E-state index contributed by atoms with van der Waals surface area (Å²) in [6.07, 6.45) is 2.25. The molecule has 2 N–H and O–H groups in total. The monoisotopic (exact) mass is 270 g/mol. The Morgan fingerprint density at radius 1 is 1.47 bits per heavy atom. The van der Waals surface area contributed by atoms with Crippen LogP contribution in [0.25, 0.3) is 0 Å². The summed E-state index contributed by atoms with van der Waals surface area (Å²) in [7, 11) is 1.76. The number of hydrogen-bond donors (Lipinski definition) is 1. The van der Waals surface area contributed by atoms with Crippen LogP contribution < -0.4 is 10.6 Å². The topological polar surface area (TPSA) is 45.4 Å². The third kappa shape index (κ3) is 2.94. The fraction of sp³-hybridized carbons (Fsp3) is 0.615. The lowest BCUT2D eigenvalue weighted by Crippen LogP contribution is -2.39. The van der Waals surface area contributed by atoms with Gasteiger partial charge >= 0.3 is 0 Å². The second kappa shape index (κ2) is 5.69. The average molecular weight is 270 g/mol. The van der Waals surface area contributed by atoms with Gasteiger partial charge in [0.05, 0.1) is 0 Å². The molecule has 1 atom stereocenters. The Hall–Kier alpha value is -1.43. The van der Waals surface area contributed by atoms with Gasteiger partial charge in [0.2, 0.25) is 0 Å². The van der Waals surface area contributed by atoms with Crippen LogP contribution in [0.2, 0.25) is 0 Å². The predicted octanol–water partition coefficient (Wildman–Crippen LogP) is 1.86. The lowest BCUT2D eigenvalue weighted by Gasteiger charge is -2.28. The number of pyridine rings is 1.